The summed E-state index contributed by atoms with van der Waals surface area (Å²) >= 11 is 0. The second-order valence-electron chi connectivity index (χ2n) is 9.14. The van der Waals surface area contributed by atoms with Gasteiger partial charge >= 0.3 is 0 Å². The van der Waals surface area contributed by atoms with Crippen LogP contribution in [0.4, 0.5) is 0 Å². The summed E-state index contributed by atoms with van der Waals surface area (Å²) in [7, 11) is 0. The first-order valence-electron chi connectivity index (χ1n) is 10.3. The monoisotopic (exact) mass is 370 g/mol. The van der Waals surface area contributed by atoms with Crippen LogP contribution in [0.15, 0.2) is 24.3 Å². The van der Waals surface area contributed by atoms with Crippen molar-refractivity contribution in [3.05, 3.63) is 29.8 Å². The molecule has 27 heavy (non-hydrogen) atoms. The Morgan fingerprint density at radius 1 is 1.00 bits per heavy atom. The van der Waals surface area contributed by atoms with Crippen molar-refractivity contribution in [3.63, 3.8) is 0 Å². The van der Waals surface area contributed by atoms with Crippen molar-refractivity contribution in [2.75, 3.05) is 13.1 Å². The number of amides is 2. The Hall–Kier alpha value is -2.04. The molecule has 4 bridgehead atoms. The first-order valence-corrected chi connectivity index (χ1v) is 10.3. The largest absolute Gasteiger partial charge is 0.508 e. The van der Waals surface area contributed by atoms with E-state index in [2.05, 4.69) is 10.6 Å². The Bertz CT molecular complexity index is 680. The summed E-state index contributed by atoms with van der Waals surface area (Å²) in [6.45, 7) is 0.540. The topological polar surface area (TPSA) is 78.4 Å². The Kier molecular flexibility index (Phi) is 5.11. The van der Waals surface area contributed by atoms with Gasteiger partial charge in [0, 0.05) is 13.0 Å². The molecule has 1 aromatic carbocycles. The minimum absolute atomic E-state index is 0.0279. The molecule has 0 spiro atoms. The van der Waals surface area contributed by atoms with Gasteiger partial charge in [-0.2, -0.15) is 0 Å². The van der Waals surface area contributed by atoms with Gasteiger partial charge in [0.15, 0.2) is 0 Å². The Balaban J connectivity index is 1.18. The predicted molar refractivity (Wildman–Crippen MR) is 103 cm³/mol. The fourth-order valence-corrected chi connectivity index (χ4v) is 6.21. The van der Waals surface area contributed by atoms with Gasteiger partial charge in [-0.1, -0.05) is 12.1 Å². The third-order valence-electron chi connectivity index (χ3n) is 6.79. The maximum atomic E-state index is 12.4. The summed E-state index contributed by atoms with van der Waals surface area (Å²) in [4.78, 5) is 24.4. The first-order chi connectivity index (χ1) is 13.0. The molecule has 0 unspecified atom stereocenters. The van der Waals surface area contributed by atoms with Crippen molar-refractivity contribution in [1.82, 2.24) is 10.6 Å². The average molecular weight is 370 g/mol. The van der Waals surface area contributed by atoms with E-state index in [-0.39, 0.29) is 29.5 Å². The third-order valence-corrected chi connectivity index (χ3v) is 6.79. The number of hydrogen-bond donors (Lipinski definition) is 3. The fourth-order valence-electron chi connectivity index (χ4n) is 6.21. The fraction of sp³-hybridized carbons (Fsp3) is 0.636. The average Bonchev–Trinajstić information content (AvgIpc) is 2.58. The second kappa shape index (κ2) is 7.53. The Morgan fingerprint density at radius 2 is 1.67 bits per heavy atom. The number of nitrogens with one attached hydrogen (secondary N) is 2. The predicted octanol–water partition coefficient (Wildman–Crippen LogP) is 2.77. The van der Waals surface area contributed by atoms with Crippen LogP contribution in [0.1, 0.15) is 50.5 Å². The lowest BCUT2D eigenvalue weighted by atomic mass is 9.49. The van der Waals surface area contributed by atoms with Gasteiger partial charge in [0.05, 0.1) is 6.54 Å². The molecule has 4 fully saturated rings. The molecule has 0 atom stereocenters. The quantitative estimate of drug-likeness (QED) is 0.691. The smallest absolute Gasteiger partial charge is 0.239 e. The van der Waals surface area contributed by atoms with Crippen LogP contribution < -0.4 is 10.6 Å². The molecule has 4 saturated carbocycles. The molecule has 0 aromatic heterocycles. The highest BCUT2D eigenvalue weighted by Gasteiger charge is 2.51. The van der Waals surface area contributed by atoms with Crippen molar-refractivity contribution in [3.8, 4) is 5.75 Å². The number of benzene rings is 1. The van der Waals surface area contributed by atoms with Crippen LogP contribution in [-0.2, 0) is 16.0 Å². The lowest BCUT2D eigenvalue weighted by Crippen LogP contribution is -2.48. The van der Waals surface area contributed by atoms with E-state index in [0.717, 1.165) is 23.3 Å². The minimum atomic E-state index is -0.158. The molecule has 0 aliphatic heterocycles. The van der Waals surface area contributed by atoms with Crippen molar-refractivity contribution in [2.45, 2.75) is 51.4 Å². The number of phenols is 1. The van der Waals surface area contributed by atoms with Gasteiger partial charge in [-0.25, -0.2) is 0 Å². The molecule has 5 nitrogen and oxygen atoms in total. The molecule has 146 valence electrons. The number of rotatable bonds is 7. The van der Waals surface area contributed by atoms with Gasteiger partial charge in [-0.3, -0.25) is 9.59 Å². The van der Waals surface area contributed by atoms with Crippen molar-refractivity contribution in [2.24, 2.45) is 23.2 Å². The molecule has 2 amide bonds. The molecular weight excluding hydrogens is 340 g/mol. The summed E-state index contributed by atoms with van der Waals surface area (Å²) < 4.78 is 0. The number of hydrogen-bond acceptors (Lipinski definition) is 3. The maximum Gasteiger partial charge on any atom is 0.239 e. The highest BCUT2D eigenvalue weighted by atomic mass is 16.3. The molecule has 5 heteroatoms. The molecular formula is C22H30N2O3. The van der Waals surface area contributed by atoms with Crippen LogP contribution in [-0.4, -0.2) is 30.0 Å². The Morgan fingerprint density at radius 3 is 2.30 bits per heavy atom. The standard InChI is InChI=1S/C22H30N2O3/c25-19-3-1-2-15(9-19)4-5-23-21(27)14-24-20(26)13-22-10-16-6-17(11-22)8-18(7-16)12-22/h1-3,9,16-18,25H,4-8,10-14H2,(H,23,27)(H,24,26). The summed E-state index contributed by atoms with van der Waals surface area (Å²) in [5, 5.41) is 15.1. The second-order valence-corrected chi connectivity index (χ2v) is 9.14. The van der Waals surface area contributed by atoms with Gasteiger partial charge in [0.1, 0.15) is 5.75 Å². The molecule has 3 N–H and O–H groups in total. The first kappa shape index (κ1) is 18.3. The zero-order chi connectivity index (χ0) is 18.9. The lowest BCUT2D eigenvalue weighted by molar-refractivity contribution is -0.131. The zero-order valence-electron chi connectivity index (χ0n) is 15.9. The van der Waals surface area contributed by atoms with Crippen LogP contribution >= 0.6 is 0 Å². The van der Waals surface area contributed by atoms with E-state index in [1.54, 1.807) is 18.2 Å². The van der Waals surface area contributed by atoms with E-state index in [1.807, 2.05) is 6.07 Å². The summed E-state index contributed by atoms with van der Waals surface area (Å²) in [6, 6.07) is 7.02. The summed E-state index contributed by atoms with van der Waals surface area (Å²) in [5.74, 6) is 2.61. The van der Waals surface area contributed by atoms with Gasteiger partial charge in [0.25, 0.3) is 0 Å². The van der Waals surface area contributed by atoms with E-state index in [0.29, 0.717) is 19.4 Å². The summed E-state index contributed by atoms with van der Waals surface area (Å²) in [5.41, 5.74) is 1.19. The van der Waals surface area contributed by atoms with Crippen LogP contribution in [0.25, 0.3) is 0 Å². The molecule has 4 aliphatic rings. The molecule has 0 radical (unpaired) electrons. The number of aromatic hydroxyl groups is 1. The van der Waals surface area contributed by atoms with Crippen molar-refractivity contribution >= 4 is 11.8 Å². The van der Waals surface area contributed by atoms with E-state index in [1.165, 1.54) is 38.5 Å². The van der Waals surface area contributed by atoms with Gasteiger partial charge in [-0.05, 0) is 85.8 Å². The minimum Gasteiger partial charge on any atom is -0.508 e. The van der Waals surface area contributed by atoms with E-state index < -0.39 is 0 Å². The number of phenolic OH excluding ortho intramolecular Hbond substituents is 1. The van der Waals surface area contributed by atoms with Gasteiger partial charge in [0.2, 0.25) is 11.8 Å². The van der Waals surface area contributed by atoms with Crippen LogP contribution in [0, 0.1) is 23.2 Å². The van der Waals surface area contributed by atoms with Crippen LogP contribution in [0.3, 0.4) is 0 Å². The highest BCUT2D eigenvalue weighted by molar-refractivity contribution is 5.84. The van der Waals surface area contributed by atoms with Crippen molar-refractivity contribution < 1.29 is 14.7 Å². The highest BCUT2D eigenvalue weighted by Crippen LogP contribution is 2.61. The molecule has 0 heterocycles. The molecule has 0 saturated heterocycles. The van der Waals surface area contributed by atoms with Crippen LogP contribution in [0.2, 0.25) is 0 Å². The van der Waals surface area contributed by atoms with Gasteiger partial charge < -0.3 is 15.7 Å². The van der Waals surface area contributed by atoms with Gasteiger partial charge in [-0.15, -0.1) is 0 Å². The number of carbonyl (C=O) groups excluding carboxylic acids is 2. The SMILES string of the molecule is O=C(CNC(=O)CC12CC3CC(CC(C3)C1)C2)NCCc1cccc(O)c1. The molecule has 4 aliphatic carbocycles. The van der Waals surface area contributed by atoms with E-state index in [4.69, 9.17) is 0 Å². The van der Waals surface area contributed by atoms with E-state index in [9.17, 15) is 14.7 Å². The van der Waals surface area contributed by atoms with Crippen molar-refractivity contribution in [1.29, 1.82) is 0 Å². The zero-order valence-corrected chi connectivity index (χ0v) is 15.9. The number of carbonyl (C=O) groups is 2. The lowest BCUT2D eigenvalue weighted by Gasteiger charge is -2.56. The summed E-state index contributed by atoms with van der Waals surface area (Å²) in [6.07, 6.45) is 9.01. The van der Waals surface area contributed by atoms with Crippen LogP contribution in [0.5, 0.6) is 5.75 Å². The maximum absolute atomic E-state index is 12.4. The third kappa shape index (κ3) is 4.45. The van der Waals surface area contributed by atoms with E-state index >= 15 is 0 Å². The molecule has 1 aromatic rings. The Labute approximate surface area is 160 Å². The normalized spacial score (nSPS) is 30.9. The molecule has 5 rings (SSSR count).